The zero-order valence-corrected chi connectivity index (χ0v) is 16.8. The highest BCUT2D eigenvalue weighted by Gasteiger charge is 2.36. The number of rotatable bonds is 9. The summed E-state index contributed by atoms with van der Waals surface area (Å²) in [5, 5.41) is 2.88. The Hall–Kier alpha value is -2.64. The van der Waals surface area contributed by atoms with Crippen LogP contribution in [0.15, 0.2) is 40.8 Å². The lowest BCUT2D eigenvalue weighted by atomic mass is 10.0. The summed E-state index contributed by atoms with van der Waals surface area (Å²) in [5.41, 5.74) is 3.21. The molecule has 158 valence electrons. The molecule has 29 heavy (non-hydrogen) atoms. The largest absolute Gasteiger partial charge is 0.461 e. The number of halogens is 3. The molecule has 2 heterocycles. The topological polar surface area (TPSA) is 63.6 Å². The summed E-state index contributed by atoms with van der Waals surface area (Å²) in [6.07, 6.45) is 4.56. The number of dihydropyridines is 1. The smallest absolute Gasteiger partial charge is 0.355 e. The van der Waals surface area contributed by atoms with E-state index in [4.69, 9.17) is 4.74 Å². The highest BCUT2D eigenvalue weighted by Crippen LogP contribution is 2.27. The molecule has 0 radical (unpaired) electrons. The molecule has 1 atom stereocenters. The average Bonchev–Trinajstić information content (AvgIpc) is 2.67. The van der Waals surface area contributed by atoms with Crippen LogP contribution in [0.4, 0.5) is 13.2 Å². The van der Waals surface area contributed by atoms with E-state index in [1.54, 1.807) is 32.3 Å². The summed E-state index contributed by atoms with van der Waals surface area (Å²) >= 11 is 0. The molecule has 1 aliphatic rings. The highest BCUT2D eigenvalue weighted by molar-refractivity contribution is 5.96. The highest BCUT2D eigenvalue weighted by atomic mass is 19.3. The van der Waals surface area contributed by atoms with E-state index in [9.17, 15) is 18.0 Å². The number of hydrogen-bond donors (Lipinski definition) is 1. The molecular formula is C21H26F3N3O2. The third-order valence-corrected chi connectivity index (χ3v) is 4.57. The normalized spacial score (nSPS) is 15.5. The van der Waals surface area contributed by atoms with Gasteiger partial charge in [-0.25, -0.2) is 18.0 Å². The van der Waals surface area contributed by atoms with Crippen molar-refractivity contribution in [1.29, 1.82) is 0 Å². The minimum absolute atomic E-state index is 0.0530. The zero-order valence-electron chi connectivity index (χ0n) is 16.8. The molecule has 0 aromatic carbocycles. The fourth-order valence-electron chi connectivity index (χ4n) is 2.77. The number of aliphatic imine (C=N–C) groups is 1. The maximum atomic E-state index is 13.5. The SMILES string of the molecule is CCOC(=O)C1=C(C=NCc2cc(C)c(CCC(F)(F)C(C)F)cn2)CC=CN1. The van der Waals surface area contributed by atoms with Crippen molar-refractivity contribution in [3.05, 3.63) is 52.6 Å². The van der Waals surface area contributed by atoms with Gasteiger partial charge in [-0.05, 0) is 57.0 Å². The molecule has 0 spiro atoms. The van der Waals surface area contributed by atoms with Gasteiger partial charge in [0.2, 0.25) is 0 Å². The van der Waals surface area contributed by atoms with Crippen LogP contribution in [0.1, 0.15) is 43.5 Å². The molecule has 2 rings (SSSR count). The fraction of sp³-hybridized carbons (Fsp3) is 0.476. The minimum Gasteiger partial charge on any atom is -0.461 e. The van der Waals surface area contributed by atoms with Crippen LogP contribution in [0.5, 0.6) is 0 Å². The molecular weight excluding hydrogens is 383 g/mol. The molecule has 1 aliphatic heterocycles. The molecule has 0 saturated carbocycles. The summed E-state index contributed by atoms with van der Waals surface area (Å²) < 4.78 is 44.9. The average molecular weight is 409 g/mol. The van der Waals surface area contributed by atoms with E-state index in [0.29, 0.717) is 28.9 Å². The second-order valence-corrected chi connectivity index (χ2v) is 6.82. The molecule has 0 fully saturated rings. The van der Waals surface area contributed by atoms with Gasteiger partial charge in [-0.15, -0.1) is 0 Å². The Kier molecular flexibility index (Phi) is 7.99. The van der Waals surface area contributed by atoms with Gasteiger partial charge in [0.25, 0.3) is 5.92 Å². The van der Waals surface area contributed by atoms with Gasteiger partial charge in [0, 0.05) is 24.4 Å². The van der Waals surface area contributed by atoms with Crippen LogP contribution in [0.3, 0.4) is 0 Å². The number of carbonyl (C=O) groups is 1. The quantitative estimate of drug-likeness (QED) is 0.490. The minimum atomic E-state index is -3.35. The number of esters is 1. The summed E-state index contributed by atoms with van der Waals surface area (Å²) in [7, 11) is 0. The van der Waals surface area contributed by atoms with Gasteiger partial charge < -0.3 is 10.1 Å². The Morgan fingerprint density at radius 1 is 1.48 bits per heavy atom. The summed E-state index contributed by atoms with van der Waals surface area (Å²) in [6.45, 7) is 4.97. The lowest BCUT2D eigenvalue weighted by Gasteiger charge is -2.18. The standard InChI is InChI=1S/C21H26F3N3O2/c1-4-29-20(28)19-17(6-5-9-26-19)11-25-13-18-10-14(2)16(12-27-18)7-8-21(23,24)15(3)22/h5,9-12,15,26H,4,6-8,13H2,1-3H3. The molecule has 1 unspecified atom stereocenters. The Bertz CT molecular complexity index is 817. The van der Waals surface area contributed by atoms with Crippen molar-refractivity contribution in [2.24, 2.45) is 4.99 Å². The molecule has 1 N–H and O–H groups in total. The lowest BCUT2D eigenvalue weighted by Crippen LogP contribution is -2.28. The van der Waals surface area contributed by atoms with Crippen molar-refractivity contribution in [2.45, 2.75) is 58.7 Å². The van der Waals surface area contributed by atoms with E-state index >= 15 is 0 Å². The second-order valence-electron chi connectivity index (χ2n) is 6.82. The maximum Gasteiger partial charge on any atom is 0.355 e. The molecule has 0 aliphatic carbocycles. The first kappa shape index (κ1) is 22.6. The predicted octanol–water partition coefficient (Wildman–Crippen LogP) is 4.21. The van der Waals surface area contributed by atoms with Crippen LogP contribution in [-0.2, 0) is 22.5 Å². The molecule has 8 heteroatoms. The Balaban J connectivity index is 2.02. The third-order valence-electron chi connectivity index (χ3n) is 4.57. The molecule has 0 saturated heterocycles. The number of hydrogen-bond acceptors (Lipinski definition) is 5. The number of nitrogens with zero attached hydrogens (tertiary/aromatic N) is 2. The van der Waals surface area contributed by atoms with E-state index < -0.39 is 24.5 Å². The molecule has 0 amide bonds. The van der Waals surface area contributed by atoms with Crippen molar-refractivity contribution in [1.82, 2.24) is 10.3 Å². The van der Waals surface area contributed by atoms with Crippen LogP contribution in [0, 0.1) is 6.92 Å². The monoisotopic (exact) mass is 409 g/mol. The molecule has 1 aromatic heterocycles. The second kappa shape index (κ2) is 10.2. The van der Waals surface area contributed by atoms with E-state index in [-0.39, 0.29) is 19.6 Å². The first-order chi connectivity index (χ1) is 13.7. The predicted molar refractivity (Wildman–Crippen MR) is 106 cm³/mol. The number of ether oxygens (including phenoxy) is 1. The van der Waals surface area contributed by atoms with Crippen molar-refractivity contribution < 1.29 is 22.7 Å². The number of aryl methyl sites for hydroxylation is 2. The first-order valence-electron chi connectivity index (χ1n) is 9.52. The summed E-state index contributed by atoms with van der Waals surface area (Å²) in [4.78, 5) is 20.6. The van der Waals surface area contributed by atoms with Crippen LogP contribution in [0.2, 0.25) is 0 Å². The van der Waals surface area contributed by atoms with Crippen LogP contribution in [-0.4, -0.2) is 35.9 Å². The van der Waals surface area contributed by atoms with Crippen LogP contribution < -0.4 is 5.32 Å². The van der Waals surface area contributed by atoms with E-state index in [1.807, 2.05) is 6.08 Å². The van der Waals surface area contributed by atoms with Crippen molar-refractivity contribution in [2.75, 3.05) is 6.61 Å². The Labute approximate surface area is 168 Å². The number of allylic oxidation sites excluding steroid dienone is 2. The number of pyridine rings is 1. The van der Waals surface area contributed by atoms with E-state index in [0.717, 1.165) is 12.5 Å². The lowest BCUT2D eigenvalue weighted by molar-refractivity contribution is -0.138. The molecule has 1 aromatic rings. The van der Waals surface area contributed by atoms with Gasteiger partial charge in [0.05, 0.1) is 18.8 Å². The van der Waals surface area contributed by atoms with E-state index in [2.05, 4.69) is 15.3 Å². The van der Waals surface area contributed by atoms with Gasteiger partial charge in [-0.1, -0.05) is 6.08 Å². The number of nitrogens with one attached hydrogen (secondary N) is 1. The van der Waals surface area contributed by atoms with Gasteiger partial charge in [-0.3, -0.25) is 9.98 Å². The molecule has 5 nitrogen and oxygen atoms in total. The summed E-state index contributed by atoms with van der Waals surface area (Å²) in [5.74, 6) is -3.78. The van der Waals surface area contributed by atoms with Crippen molar-refractivity contribution >= 4 is 12.2 Å². The fourth-order valence-corrected chi connectivity index (χ4v) is 2.77. The third kappa shape index (κ3) is 6.44. The number of carbonyl (C=O) groups excluding carboxylic acids is 1. The van der Waals surface area contributed by atoms with Crippen LogP contribution >= 0.6 is 0 Å². The van der Waals surface area contributed by atoms with Crippen molar-refractivity contribution in [3.8, 4) is 0 Å². The molecule has 0 bridgehead atoms. The van der Waals surface area contributed by atoms with Crippen LogP contribution in [0.25, 0.3) is 0 Å². The summed E-state index contributed by atoms with van der Waals surface area (Å²) in [6, 6.07) is 1.78. The Morgan fingerprint density at radius 2 is 2.24 bits per heavy atom. The maximum absolute atomic E-state index is 13.5. The first-order valence-corrected chi connectivity index (χ1v) is 9.52. The number of aromatic nitrogens is 1. The number of alkyl halides is 3. The van der Waals surface area contributed by atoms with Gasteiger partial charge in [0.15, 0.2) is 6.17 Å². The Morgan fingerprint density at radius 3 is 2.90 bits per heavy atom. The van der Waals surface area contributed by atoms with E-state index in [1.165, 1.54) is 6.20 Å². The van der Waals surface area contributed by atoms with Gasteiger partial charge >= 0.3 is 5.97 Å². The zero-order chi connectivity index (χ0) is 21.4. The van der Waals surface area contributed by atoms with Gasteiger partial charge in [0.1, 0.15) is 5.70 Å². The van der Waals surface area contributed by atoms with Crippen molar-refractivity contribution in [3.63, 3.8) is 0 Å². The van der Waals surface area contributed by atoms with Gasteiger partial charge in [-0.2, -0.15) is 0 Å².